The molecule has 118 valence electrons. The Hall–Kier alpha value is -2.02. The summed E-state index contributed by atoms with van der Waals surface area (Å²) >= 11 is 1.26. The van der Waals surface area contributed by atoms with E-state index in [0.29, 0.717) is 4.21 Å². The van der Waals surface area contributed by atoms with Crippen LogP contribution >= 0.6 is 11.3 Å². The van der Waals surface area contributed by atoms with Gasteiger partial charge in [0.05, 0.1) is 6.04 Å². The predicted molar refractivity (Wildman–Crippen MR) is 91.9 cm³/mol. The van der Waals surface area contributed by atoms with Crippen LogP contribution in [0.15, 0.2) is 71.2 Å². The third-order valence-corrected chi connectivity index (χ3v) is 6.34. The second-order valence-corrected chi connectivity index (χ2v) is 8.34. The lowest BCUT2D eigenvalue weighted by Crippen LogP contribution is -2.29. The summed E-state index contributed by atoms with van der Waals surface area (Å²) in [6.45, 7) is 1.89. The second kappa shape index (κ2) is 6.62. The predicted octanol–water partition coefficient (Wildman–Crippen LogP) is 3.52. The Morgan fingerprint density at radius 2 is 1.61 bits per heavy atom. The van der Waals surface area contributed by atoms with Gasteiger partial charge in [0.15, 0.2) is 0 Å². The SMILES string of the molecule is Cc1ccc(S(=O)(=O)NC(c2ccccc2)c2ccncc2)s1. The van der Waals surface area contributed by atoms with Gasteiger partial charge < -0.3 is 0 Å². The standard InChI is InChI=1S/C17H16N2O2S2/c1-13-7-8-16(22-13)23(20,21)19-17(14-5-3-2-4-6-14)15-9-11-18-12-10-15/h2-12,17,19H,1H3. The molecule has 0 saturated heterocycles. The summed E-state index contributed by atoms with van der Waals surface area (Å²) in [7, 11) is -3.59. The molecule has 0 aliphatic heterocycles. The van der Waals surface area contributed by atoms with Gasteiger partial charge >= 0.3 is 0 Å². The number of thiophene rings is 1. The normalized spacial score (nSPS) is 12.9. The molecule has 0 bridgehead atoms. The van der Waals surface area contributed by atoms with E-state index in [1.807, 2.05) is 55.5 Å². The van der Waals surface area contributed by atoms with Crippen LogP contribution < -0.4 is 4.72 Å². The van der Waals surface area contributed by atoms with Gasteiger partial charge in [-0.25, -0.2) is 8.42 Å². The first-order valence-corrected chi connectivity index (χ1v) is 9.40. The number of benzene rings is 1. The third kappa shape index (κ3) is 3.67. The molecule has 1 unspecified atom stereocenters. The van der Waals surface area contributed by atoms with Crippen LogP contribution in [0.1, 0.15) is 22.0 Å². The van der Waals surface area contributed by atoms with Crippen molar-refractivity contribution in [1.82, 2.24) is 9.71 Å². The second-order valence-electron chi connectivity index (χ2n) is 5.11. The van der Waals surface area contributed by atoms with E-state index < -0.39 is 16.1 Å². The molecule has 2 heterocycles. The molecular formula is C17H16N2O2S2. The van der Waals surface area contributed by atoms with Crippen molar-refractivity contribution in [2.45, 2.75) is 17.2 Å². The molecule has 2 aromatic heterocycles. The van der Waals surface area contributed by atoms with Crippen LogP contribution in [0, 0.1) is 6.92 Å². The number of sulfonamides is 1. The fraction of sp³-hybridized carbons (Fsp3) is 0.118. The first kappa shape index (κ1) is 15.9. The van der Waals surface area contributed by atoms with Crippen molar-refractivity contribution >= 4 is 21.4 Å². The number of rotatable bonds is 5. The quantitative estimate of drug-likeness (QED) is 0.770. The molecule has 3 rings (SSSR count). The smallest absolute Gasteiger partial charge is 0.250 e. The van der Waals surface area contributed by atoms with Gasteiger partial charge in [-0.2, -0.15) is 4.72 Å². The zero-order chi connectivity index (χ0) is 16.3. The average molecular weight is 344 g/mol. The number of hydrogen-bond donors (Lipinski definition) is 1. The summed E-state index contributed by atoms with van der Waals surface area (Å²) in [6, 6.07) is 16.1. The lowest BCUT2D eigenvalue weighted by molar-refractivity contribution is 0.574. The van der Waals surface area contributed by atoms with E-state index in [1.54, 1.807) is 18.5 Å². The maximum Gasteiger partial charge on any atom is 0.250 e. The molecule has 1 N–H and O–H groups in total. The number of nitrogens with zero attached hydrogens (tertiary/aromatic N) is 1. The average Bonchev–Trinajstić information content (AvgIpc) is 3.02. The molecule has 0 amide bonds. The summed E-state index contributed by atoms with van der Waals surface area (Å²) in [5, 5.41) is 0. The molecule has 23 heavy (non-hydrogen) atoms. The highest BCUT2D eigenvalue weighted by Gasteiger charge is 2.23. The number of aromatic nitrogens is 1. The molecule has 1 atom stereocenters. The highest BCUT2D eigenvalue weighted by molar-refractivity contribution is 7.91. The van der Waals surface area contributed by atoms with Crippen LogP contribution in [0.2, 0.25) is 0 Å². The van der Waals surface area contributed by atoms with Gasteiger partial charge in [0, 0.05) is 17.3 Å². The molecule has 0 radical (unpaired) electrons. The molecule has 6 heteroatoms. The van der Waals surface area contributed by atoms with Gasteiger partial charge in [0.2, 0.25) is 0 Å². The van der Waals surface area contributed by atoms with E-state index in [1.165, 1.54) is 11.3 Å². The van der Waals surface area contributed by atoms with Gasteiger partial charge in [-0.1, -0.05) is 30.3 Å². The molecule has 0 aliphatic rings. The first-order valence-electron chi connectivity index (χ1n) is 7.10. The van der Waals surface area contributed by atoms with E-state index >= 15 is 0 Å². The summed E-state index contributed by atoms with van der Waals surface area (Å²) in [4.78, 5) is 4.97. The Morgan fingerprint density at radius 3 is 2.22 bits per heavy atom. The molecule has 0 spiro atoms. The van der Waals surface area contributed by atoms with E-state index in [4.69, 9.17) is 0 Å². The number of pyridine rings is 1. The van der Waals surface area contributed by atoms with Crippen LogP contribution in [-0.2, 0) is 10.0 Å². The largest absolute Gasteiger partial charge is 0.265 e. The van der Waals surface area contributed by atoms with Crippen molar-refractivity contribution in [2.75, 3.05) is 0 Å². The zero-order valence-electron chi connectivity index (χ0n) is 12.5. The maximum atomic E-state index is 12.7. The summed E-state index contributed by atoms with van der Waals surface area (Å²) in [5.41, 5.74) is 1.73. The van der Waals surface area contributed by atoms with Crippen LogP contribution in [0.25, 0.3) is 0 Å². The van der Waals surface area contributed by atoms with Gasteiger partial charge in [-0.15, -0.1) is 11.3 Å². The fourth-order valence-electron chi connectivity index (χ4n) is 2.30. The minimum atomic E-state index is -3.59. The number of aryl methyl sites for hydroxylation is 1. The molecular weight excluding hydrogens is 328 g/mol. The maximum absolute atomic E-state index is 12.7. The minimum Gasteiger partial charge on any atom is -0.265 e. The van der Waals surface area contributed by atoms with Gasteiger partial charge in [-0.05, 0) is 42.3 Å². The number of hydrogen-bond acceptors (Lipinski definition) is 4. The Kier molecular flexibility index (Phi) is 4.56. The van der Waals surface area contributed by atoms with Crippen molar-refractivity contribution in [3.05, 3.63) is 83.0 Å². The Morgan fingerprint density at radius 1 is 0.957 bits per heavy atom. The third-order valence-electron chi connectivity index (χ3n) is 3.43. The van der Waals surface area contributed by atoms with Crippen molar-refractivity contribution < 1.29 is 8.42 Å². The molecule has 3 aromatic rings. The van der Waals surface area contributed by atoms with Gasteiger partial charge in [0.1, 0.15) is 4.21 Å². The van der Waals surface area contributed by atoms with E-state index in [0.717, 1.165) is 16.0 Å². The van der Waals surface area contributed by atoms with E-state index in [2.05, 4.69) is 9.71 Å². The van der Waals surface area contributed by atoms with Crippen molar-refractivity contribution in [1.29, 1.82) is 0 Å². The highest BCUT2D eigenvalue weighted by Crippen LogP contribution is 2.26. The van der Waals surface area contributed by atoms with Crippen molar-refractivity contribution in [3.63, 3.8) is 0 Å². The van der Waals surface area contributed by atoms with Crippen molar-refractivity contribution in [3.8, 4) is 0 Å². The topological polar surface area (TPSA) is 59.1 Å². The number of nitrogens with one attached hydrogen (secondary N) is 1. The highest BCUT2D eigenvalue weighted by atomic mass is 32.2. The van der Waals surface area contributed by atoms with Crippen LogP contribution in [0.3, 0.4) is 0 Å². The lowest BCUT2D eigenvalue weighted by Gasteiger charge is -2.19. The monoisotopic (exact) mass is 344 g/mol. The Balaban J connectivity index is 2.00. The van der Waals surface area contributed by atoms with Crippen LogP contribution in [-0.4, -0.2) is 13.4 Å². The van der Waals surface area contributed by atoms with E-state index in [-0.39, 0.29) is 0 Å². The first-order chi connectivity index (χ1) is 11.1. The Bertz CT molecular complexity index is 836. The minimum absolute atomic E-state index is 0.324. The summed E-state index contributed by atoms with van der Waals surface area (Å²) in [6.07, 6.45) is 3.32. The molecule has 4 nitrogen and oxygen atoms in total. The molecule has 1 aromatic carbocycles. The fourth-order valence-corrected chi connectivity index (χ4v) is 4.81. The van der Waals surface area contributed by atoms with Crippen molar-refractivity contribution in [2.24, 2.45) is 0 Å². The van der Waals surface area contributed by atoms with Gasteiger partial charge in [0.25, 0.3) is 10.0 Å². The molecule has 0 fully saturated rings. The van der Waals surface area contributed by atoms with Crippen LogP contribution in [0.5, 0.6) is 0 Å². The zero-order valence-corrected chi connectivity index (χ0v) is 14.1. The van der Waals surface area contributed by atoms with Gasteiger partial charge in [-0.3, -0.25) is 4.98 Å². The molecule has 0 saturated carbocycles. The molecule has 0 aliphatic carbocycles. The Labute approximate surface area is 139 Å². The summed E-state index contributed by atoms with van der Waals surface area (Å²) in [5.74, 6) is 0. The lowest BCUT2D eigenvalue weighted by atomic mass is 10.0. The summed E-state index contributed by atoms with van der Waals surface area (Å²) < 4.78 is 28.5. The van der Waals surface area contributed by atoms with E-state index in [9.17, 15) is 8.42 Å². The van der Waals surface area contributed by atoms with Crippen LogP contribution in [0.4, 0.5) is 0 Å².